The summed E-state index contributed by atoms with van der Waals surface area (Å²) in [5.41, 5.74) is -0.515. The third-order valence-corrected chi connectivity index (χ3v) is 6.53. The van der Waals surface area contributed by atoms with Gasteiger partial charge in [-0.1, -0.05) is 11.6 Å². The van der Waals surface area contributed by atoms with E-state index < -0.39 is 35.6 Å². The molecule has 162 valence electrons. The highest BCUT2D eigenvalue weighted by Crippen LogP contribution is 2.58. The summed E-state index contributed by atoms with van der Waals surface area (Å²) in [4.78, 5) is 40.8. The Bertz CT molecular complexity index is 846. The molecule has 3 fully saturated rings. The van der Waals surface area contributed by atoms with Crippen molar-refractivity contribution in [2.45, 2.75) is 43.9 Å². The molecule has 2 amide bonds. The highest BCUT2D eigenvalue weighted by Gasteiger charge is 2.74. The molecule has 0 radical (unpaired) electrons. The number of hydrogen-bond acceptors (Lipinski definition) is 6. The molecule has 4 rings (SSSR count). The van der Waals surface area contributed by atoms with E-state index in [1.54, 1.807) is 31.2 Å². The van der Waals surface area contributed by atoms with E-state index >= 15 is 0 Å². The molecule has 5 atom stereocenters. The third-order valence-electron chi connectivity index (χ3n) is 6.28. The molecule has 8 nitrogen and oxygen atoms in total. The summed E-state index contributed by atoms with van der Waals surface area (Å²) in [5.74, 6) is -2.59. The smallest absolute Gasteiger partial charge is 0.312 e. The molecule has 0 aliphatic carbocycles. The van der Waals surface area contributed by atoms with Gasteiger partial charge in [-0.05, 0) is 50.5 Å². The summed E-state index contributed by atoms with van der Waals surface area (Å²) >= 11 is 5.92. The summed E-state index contributed by atoms with van der Waals surface area (Å²) in [6, 6.07) is 5.80. The van der Waals surface area contributed by atoms with E-state index in [2.05, 4.69) is 5.32 Å². The Morgan fingerprint density at radius 2 is 2.10 bits per heavy atom. The standard InChI is InChI=1S/C21H25ClN2O6/c1-2-29-20(28)15-14-8-9-21(30-14)16(15)19(27)24(10-3-11-25)17(21)18(26)23-13-6-4-12(22)5-7-13/h4-7,14-17,25H,2-3,8-11H2,1H3,(H,23,26)/t14-,15+,16+,17?,21?/m1/s1. The van der Waals surface area contributed by atoms with Crippen LogP contribution >= 0.6 is 11.6 Å². The lowest BCUT2D eigenvalue weighted by atomic mass is 9.71. The number of nitrogens with one attached hydrogen (secondary N) is 1. The normalized spacial score (nSPS) is 31.7. The van der Waals surface area contributed by atoms with Crippen LogP contribution in [0.3, 0.4) is 0 Å². The number of carbonyl (C=O) groups is 3. The van der Waals surface area contributed by atoms with Crippen LogP contribution in [0.2, 0.25) is 5.02 Å². The molecule has 3 heterocycles. The number of esters is 1. The van der Waals surface area contributed by atoms with Crippen LogP contribution < -0.4 is 5.32 Å². The number of aliphatic hydroxyl groups is 1. The Kier molecular flexibility index (Phi) is 5.74. The third kappa shape index (κ3) is 3.27. The summed E-state index contributed by atoms with van der Waals surface area (Å²) < 4.78 is 11.4. The Hall–Kier alpha value is -2.16. The number of carbonyl (C=O) groups excluding carboxylic acids is 3. The van der Waals surface area contributed by atoms with Gasteiger partial charge in [0.2, 0.25) is 11.8 Å². The Balaban J connectivity index is 1.66. The number of benzene rings is 1. The number of fused-ring (bicyclic) bond motifs is 1. The first-order valence-electron chi connectivity index (χ1n) is 10.2. The molecule has 1 spiro atoms. The van der Waals surface area contributed by atoms with E-state index in [9.17, 15) is 19.5 Å². The van der Waals surface area contributed by atoms with Crippen LogP contribution in [0.5, 0.6) is 0 Å². The Morgan fingerprint density at radius 1 is 1.37 bits per heavy atom. The minimum absolute atomic E-state index is 0.113. The van der Waals surface area contributed by atoms with E-state index in [0.29, 0.717) is 30.0 Å². The van der Waals surface area contributed by atoms with Gasteiger partial charge in [0.05, 0.1) is 24.5 Å². The van der Waals surface area contributed by atoms with Crippen LogP contribution in [-0.2, 0) is 23.9 Å². The van der Waals surface area contributed by atoms with Gasteiger partial charge in [-0.25, -0.2) is 0 Å². The van der Waals surface area contributed by atoms with Gasteiger partial charge in [-0.15, -0.1) is 0 Å². The molecule has 0 saturated carbocycles. The van der Waals surface area contributed by atoms with E-state index in [1.165, 1.54) is 4.90 Å². The zero-order valence-electron chi connectivity index (χ0n) is 16.7. The zero-order chi connectivity index (χ0) is 21.5. The molecular formula is C21H25ClN2O6. The maximum atomic E-state index is 13.4. The molecule has 3 aliphatic rings. The molecule has 2 N–H and O–H groups in total. The highest BCUT2D eigenvalue weighted by molar-refractivity contribution is 6.30. The van der Waals surface area contributed by atoms with Crippen molar-refractivity contribution in [3.8, 4) is 0 Å². The van der Waals surface area contributed by atoms with Crippen molar-refractivity contribution in [1.82, 2.24) is 4.90 Å². The number of rotatable bonds is 7. The zero-order valence-corrected chi connectivity index (χ0v) is 17.4. The van der Waals surface area contributed by atoms with Crippen LogP contribution in [0.25, 0.3) is 0 Å². The van der Waals surface area contributed by atoms with Crippen LogP contribution in [0.15, 0.2) is 24.3 Å². The number of hydrogen-bond donors (Lipinski definition) is 2. The number of likely N-dealkylation sites (tertiary alicyclic amines) is 1. The Labute approximate surface area is 179 Å². The largest absolute Gasteiger partial charge is 0.466 e. The second-order valence-electron chi connectivity index (χ2n) is 7.91. The second-order valence-corrected chi connectivity index (χ2v) is 8.35. The molecule has 3 aliphatic heterocycles. The lowest BCUT2D eigenvalue weighted by Crippen LogP contribution is -2.53. The number of halogens is 1. The number of ether oxygens (including phenoxy) is 2. The molecule has 1 aromatic rings. The minimum Gasteiger partial charge on any atom is -0.466 e. The van der Waals surface area contributed by atoms with Crippen LogP contribution in [0.1, 0.15) is 26.2 Å². The van der Waals surface area contributed by atoms with Crippen molar-refractivity contribution >= 4 is 35.1 Å². The van der Waals surface area contributed by atoms with Gasteiger partial charge in [-0.2, -0.15) is 0 Å². The summed E-state index contributed by atoms with van der Waals surface area (Å²) in [5, 5.41) is 12.7. The van der Waals surface area contributed by atoms with E-state index in [-0.39, 0.29) is 31.6 Å². The first-order valence-corrected chi connectivity index (χ1v) is 10.6. The van der Waals surface area contributed by atoms with Gasteiger partial charge in [0, 0.05) is 23.9 Å². The summed E-state index contributed by atoms with van der Waals surface area (Å²) in [7, 11) is 0. The minimum atomic E-state index is -1.06. The fraction of sp³-hybridized carbons (Fsp3) is 0.571. The SMILES string of the molecule is CCOC(=O)[C@@H]1[C@H]2C(=O)N(CCCO)C(C(=O)Nc3ccc(Cl)cc3)C23CC[C@H]1O3. The fourth-order valence-corrected chi connectivity index (χ4v) is 5.31. The second kappa shape index (κ2) is 8.17. The number of anilines is 1. The van der Waals surface area contributed by atoms with Gasteiger partial charge in [-0.3, -0.25) is 14.4 Å². The fourth-order valence-electron chi connectivity index (χ4n) is 5.19. The first-order chi connectivity index (χ1) is 14.4. The van der Waals surface area contributed by atoms with Gasteiger partial charge < -0.3 is 24.8 Å². The molecule has 2 unspecified atom stereocenters. The predicted octanol–water partition coefficient (Wildman–Crippen LogP) is 1.60. The molecule has 3 saturated heterocycles. The maximum absolute atomic E-state index is 13.4. The van der Waals surface area contributed by atoms with Crippen molar-refractivity contribution in [2.24, 2.45) is 11.8 Å². The summed E-state index contributed by atoms with van der Waals surface area (Å²) in [6.07, 6.45) is 1.00. The molecule has 9 heteroatoms. The highest BCUT2D eigenvalue weighted by atomic mass is 35.5. The van der Waals surface area contributed by atoms with Gasteiger partial charge >= 0.3 is 5.97 Å². The van der Waals surface area contributed by atoms with Crippen molar-refractivity contribution in [1.29, 1.82) is 0 Å². The summed E-state index contributed by atoms with van der Waals surface area (Å²) in [6.45, 7) is 2.02. The topological polar surface area (TPSA) is 105 Å². The molecule has 0 aromatic heterocycles. The van der Waals surface area contributed by atoms with Crippen molar-refractivity contribution in [3.63, 3.8) is 0 Å². The van der Waals surface area contributed by atoms with E-state index in [4.69, 9.17) is 21.1 Å². The van der Waals surface area contributed by atoms with Gasteiger partial charge in [0.15, 0.2) is 0 Å². The van der Waals surface area contributed by atoms with Gasteiger partial charge in [0.25, 0.3) is 0 Å². The van der Waals surface area contributed by atoms with Gasteiger partial charge in [0.1, 0.15) is 11.6 Å². The number of amides is 2. The number of nitrogens with zero attached hydrogens (tertiary/aromatic N) is 1. The van der Waals surface area contributed by atoms with E-state index in [1.807, 2.05) is 0 Å². The average molecular weight is 437 g/mol. The van der Waals surface area contributed by atoms with Crippen molar-refractivity contribution in [3.05, 3.63) is 29.3 Å². The molecule has 30 heavy (non-hydrogen) atoms. The monoisotopic (exact) mass is 436 g/mol. The Morgan fingerprint density at radius 3 is 2.77 bits per heavy atom. The number of aliphatic hydroxyl groups excluding tert-OH is 1. The lowest BCUT2D eigenvalue weighted by molar-refractivity contribution is -0.154. The quantitative estimate of drug-likeness (QED) is 0.629. The van der Waals surface area contributed by atoms with Crippen molar-refractivity contribution < 1.29 is 29.0 Å². The predicted molar refractivity (Wildman–Crippen MR) is 108 cm³/mol. The van der Waals surface area contributed by atoms with E-state index in [0.717, 1.165) is 0 Å². The van der Waals surface area contributed by atoms with Crippen LogP contribution in [0.4, 0.5) is 5.69 Å². The maximum Gasteiger partial charge on any atom is 0.312 e. The molecule has 2 bridgehead atoms. The average Bonchev–Trinajstić information content (AvgIpc) is 3.35. The lowest BCUT2D eigenvalue weighted by Gasteiger charge is -2.33. The molecular weight excluding hydrogens is 412 g/mol. The van der Waals surface area contributed by atoms with Crippen molar-refractivity contribution in [2.75, 3.05) is 25.1 Å². The van der Waals surface area contributed by atoms with Crippen LogP contribution in [-0.4, -0.2) is 65.3 Å². The molecule has 1 aromatic carbocycles. The van der Waals surface area contributed by atoms with Crippen LogP contribution in [0, 0.1) is 11.8 Å². The first kappa shape index (κ1) is 21.1.